The maximum atomic E-state index is 11.5. The van der Waals surface area contributed by atoms with Crippen LogP contribution in [0.25, 0.3) is 22.2 Å². The van der Waals surface area contributed by atoms with Crippen LogP contribution < -0.4 is 4.90 Å². The Morgan fingerprint density at radius 3 is 2.18 bits per heavy atom. The Bertz CT molecular complexity index is 1450. The summed E-state index contributed by atoms with van der Waals surface area (Å²) in [4.78, 5) is 22.9. The molecule has 1 aromatic heterocycles. The summed E-state index contributed by atoms with van der Waals surface area (Å²) in [7, 11) is 0. The van der Waals surface area contributed by atoms with Crippen molar-refractivity contribution in [2.24, 2.45) is 0 Å². The molecule has 0 radical (unpaired) electrons. The first-order chi connectivity index (χ1) is 16.1. The second-order valence-corrected chi connectivity index (χ2v) is 7.65. The van der Waals surface area contributed by atoms with Crippen LogP contribution in [-0.2, 0) is 0 Å². The number of hydrogen-bond donors (Lipinski definition) is 0. The molecule has 4 aromatic carbocycles. The number of rotatable bonds is 5. The third-order valence-corrected chi connectivity index (χ3v) is 5.50. The van der Waals surface area contributed by atoms with Crippen LogP contribution in [0.4, 0.5) is 23.0 Å². The van der Waals surface area contributed by atoms with E-state index in [2.05, 4.69) is 0 Å². The lowest BCUT2D eigenvalue weighted by Gasteiger charge is -2.25. The minimum atomic E-state index is -0.386. The van der Waals surface area contributed by atoms with E-state index in [-0.39, 0.29) is 10.6 Å². The average molecular weight is 432 g/mol. The number of nitrogens with zero attached hydrogens (tertiary/aromatic N) is 4. The lowest BCUT2D eigenvalue weighted by atomic mass is 10.1. The van der Waals surface area contributed by atoms with E-state index >= 15 is 0 Å². The minimum absolute atomic E-state index is 0.0144. The van der Waals surface area contributed by atoms with Crippen molar-refractivity contribution < 1.29 is 4.92 Å². The summed E-state index contributed by atoms with van der Waals surface area (Å²) >= 11 is 0. The zero-order valence-corrected chi connectivity index (χ0v) is 17.9. The topological polar surface area (TPSA) is 72.2 Å². The minimum Gasteiger partial charge on any atom is -0.279 e. The van der Waals surface area contributed by atoms with E-state index in [1.165, 1.54) is 6.07 Å². The van der Waals surface area contributed by atoms with Gasteiger partial charge in [-0.05, 0) is 30.7 Å². The molecule has 0 aliphatic rings. The molecule has 0 fully saturated rings. The molecule has 33 heavy (non-hydrogen) atoms. The Hall–Kier alpha value is -4.58. The van der Waals surface area contributed by atoms with Crippen molar-refractivity contribution in [3.05, 3.63) is 119 Å². The fourth-order valence-electron chi connectivity index (χ4n) is 3.87. The summed E-state index contributed by atoms with van der Waals surface area (Å²) in [5, 5.41) is 12.5. The van der Waals surface area contributed by atoms with Crippen molar-refractivity contribution >= 4 is 33.9 Å². The highest BCUT2D eigenvalue weighted by Crippen LogP contribution is 2.38. The number of nitro benzene ring substituents is 1. The number of benzene rings is 4. The molecule has 0 spiro atoms. The first-order valence-electron chi connectivity index (χ1n) is 10.5. The van der Waals surface area contributed by atoms with Gasteiger partial charge in [0.25, 0.3) is 5.69 Å². The van der Waals surface area contributed by atoms with Gasteiger partial charge in [0.05, 0.1) is 21.8 Å². The summed E-state index contributed by atoms with van der Waals surface area (Å²) in [6.07, 6.45) is 0. The van der Waals surface area contributed by atoms with E-state index in [0.29, 0.717) is 11.6 Å². The summed E-state index contributed by atoms with van der Waals surface area (Å²) in [5.41, 5.74) is 4.94. The summed E-state index contributed by atoms with van der Waals surface area (Å²) < 4.78 is 0. The van der Waals surface area contributed by atoms with Crippen LogP contribution in [0.5, 0.6) is 0 Å². The lowest BCUT2D eigenvalue weighted by Crippen LogP contribution is -2.15. The van der Waals surface area contributed by atoms with E-state index < -0.39 is 0 Å². The van der Waals surface area contributed by atoms with E-state index in [1.54, 1.807) is 12.1 Å². The Labute approximate surface area is 191 Å². The van der Waals surface area contributed by atoms with Crippen molar-refractivity contribution in [1.82, 2.24) is 9.97 Å². The molecule has 0 amide bonds. The van der Waals surface area contributed by atoms with Crippen LogP contribution in [0.2, 0.25) is 0 Å². The summed E-state index contributed by atoms with van der Waals surface area (Å²) in [6.45, 7) is 1.92. The van der Waals surface area contributed by atoms with Gasteiger partial charge in [0.15, 0.2) is 0 Å². The monoisotopic (exact) mass is 432 g/mol. The first kappa shape index (κ1) is 20.3. The molecule has 0 saturated carbocycles. The molecule has 6 heteroatoms. The van der Waals surface area contributed by atoms with Crippen LogP contribution in [0.3, 0.4) is 0 Å². The Morgan fingerprint density at radius 1 is 0.788 bits per heavy atom. The van der Waals surface area contributed by atoms with Crippen LogP contribution in [-0.4, -0.2) is 14.9 Å². The van der Waals surface area contributed by atoms with E-state index in [9.17, 15) is 10.1 Å². The van der Waals surface area contributed by atoms with Gasteiger partial charge in [-0.25, -0.2) is 9.97 Å². The SMILES string of the molecule is Cc1ccc([N+](=O)[O-])cc1N(c1ccccc1)c1nc(-c2ccccc2)c2ccccc2n1. The van der Waals surface area contributed by atoms with Crippen molar-refractivity contribution in [1.29, 1.82) is 0 Å². The summed E-state index contributed by atoms with van der Waals surface area (Å²) in [5.74, 6) is 0.447. The predicted molar refractivity (Wildman–Crippen MR) is 131 cm³/mol. The number of nitro groups is 1. The molecule has 6 nitrogen and oxygen atoms in total. The van der Waals surface area contributed by atoms with Gasteiger partial charge in [-0.1, -0.05) is 72.8 Å². The highest BCUT2D eigenvalue weighted by Gasteiger charge is 2.22. The highest BCUT2D eigenvalue weighted by atomic mass is 16.6. The Morgan fingerprint density at radius 2 is 1.45 bits per heavy atom. The van der Waals surface area contributed by atoms with Crippen LogP contribution in [0.15, 0.2) is 103 Å². The molecular formula is C27H20N4O2. The Balaban J connectivity index is 1.81. The number of aromatic nitrogens is 2. The van der Waals surface area contributed by atoms with Crippen molar-refractivity contribution in [2.75, 3.05) is 4.90 Å². The molecule has 0 bridgehead atoms. The molecule has 5 rings (SSSR count). The van der Waals surface area contributed by atoms with Crippen molar-refractivity contribution in [2.45, 2.75) is 6.92 Å². The van der Waals surface area contributed by atoms with Gasteiger partial charge in [0.2, 0.25) is 5.95 Å². The highest BCUT2D eigenvalue weighted by molar-refractivity contribution is 5.94. The van der Waals surface area contributed by atoms with Gasteiger partial charge in [-0.15, -0.1) is 0 Å². The van der Waals surface area contributed by atoms with E-state index in [0.717, 1.165) is 33.4 Å². The molecule has 5 aromatic rings. The van der Waals surface area contributed by atoms with E-state index in [1.807, 2.05) is 96.8 Å². The fraction of sp³-hybridized carbons (Fsp3) is 0.0370. The van der Waals surface area contributed by atoms with Crippen molar-refractivity contribution in [3.63, 3.8) is 0 Å². The van der Waals surface area contributed by atoms with Gasteiger partial charge in [0.1, 0.15) is 0 Å². The third-order valence-electron chi connectivity index (χ3n) is 5.50. The molecular weight excluding hydrogens is 412 g/mol. The normalized spacial score (nSPS) is 10.8. The van der Waals surface area contributed by atoms with Gasteiger partial charge >= 0.3 is 0 Å². The number of para-hydroxylation sites is 2. The zero-order chi connectivity index (χ0) is 22.8. The maximum Gasteiger partial charge on any atom is 0.271 e. The number of aryl methyl sites for hydroxylation is 1. The smallest absolute Gasteiger partial charge is 0.271 e. The quantitative estimate of drug-likeness (QED) is 0.221. The van der Waals surface area contributed by atoms with Crippen LogP contribution in [0, 0.1) is 17.0 Å². The zero-order valence-electron chi connectivity index (χ0n) is 17.9. The van der Waals surface area contributed by atoms with Crippen LogP contribution >= 0.6 is 0 Å². The second-order valence-electron chi connectivity index (χ2n) is 7.65. The molecule has 160 valence electrons. The molecule has 0 saturated heterocycles. The number of hydrogen-bond acceptors (Lipinski definition) is 5. The largest absolute Gasteiger partial charge is 0.279 e. The number of fused-ring (bicyclic) bond motifs is 1. The summed E-state index contributed by atoms with van der Waals surface area (Å²) in [6, 6.07) is 32.3. The molecule has 0 N–H and O–H groups in total. The molecule has 0 unspecified atom stereocenters. The average Bonchev–Trinajstić information content (AvgIpc) is 2.86. The maximum absolute atomic E-state index is 11.5. The third kappa shape index (κ3) is 3.90. The molecule has 0 atom stereocenters. The second kappa shape index (κ2) is 8.51. The molecule has 1 heterocycles. The van der Waals surface area contributed by atoms with Gasteiger partial charge in [0, 0.05) is 28.8 Å². The predicted octanol–water partition coefficient (Wildman–Crippen LogP) is 6.98. The lowest BCUT2D eigenvalue weighted by molar-refractivity contribution is -0.384. The fourth-order valence-corrected chi connectivity index (χ4v) is 3.87. The number of non-ortho nitro benzene ring substituents is 1. The first-order valence-corrected chi connectivity index (χ1v) is 10.5. The number of anilines is 3. The van der Waals surface area contributed by atoms with Gasteiger partial charge in [-0.3, -0.25) is 15.0 Å². The Kier molecular flexibility index (Phi) is 5.24. The van der Waals surface area contributed by atoms with Crippen molar-refractivity contribution in [3.8, 4) is 11.3 Å². The van der Waals surface area contributed by atoms with Crippen LogP contribution in [0.1, 0.15) is 5.56 Å². The van der Waals surface area contributed by atoms with Gasteiger partial charge in [-0.2, -0.15) is 0 Å². The van der Waals surface area contributed by atoms with Gasteiger partial charge < -0.3 is 0 Å². The standard InChI is InChI=1S/C27H20N4O2/c1-19-16-17-22(31(32)33)18-25(19)30(21-12-6-3-7-13-21)27-28-24-15-9-8-14-23(24)26(29-27)20-10-4-2-5-11-20/h2-18H,1H3. The molecule has 0 aliphatic carbocycles. The van der Waals surface area contributed by atoms with E-state index in [4.69, 9.17) is 9.97 Å². The molecule has 0 aliphatic heterocycles.